The average Bonchev–Trinajstić information content (AvgIpc) is 2.30. The van der Waals surface area contributed by atoms with Crippen molar-refractivity contribution in [2.45, 2.75) is 12.5 Å². The summed E-state index contributed by atoms with van der Waals surface area (Å²) < 4.78 is 4.93. The number of aliphatic hydroxyl groups excluding tert-OH is 1. The van der Waals surface area contributed by atoms with E-state index < -0.39 is 6.10 Å². The molecule has 0 saturated heterocycles. The predicted octanol–water partition coefficient (Wildman–Crippen LogP) is 1.35. The van der Waals surface area contributed by atoms with E-state index in [1.807, 2.05) is 30.3 Å². The SMILES string of the molecule is COCCCNC[C@H](O)c1ccccc1. The normalized spacial score (nSPS) is 12.7. The molecule has 0 heterocycles. The van der Waals surface area contributed by atoms with Gasteiger partial charge in [-0.05, 0) is 18.5 Å². The molecule has 1 rings (SSSR count). The van der Waals surface area contributed by atoms with Crippen molar-refractivity contribution in [3.05, 3.63) is 35.9 Å². The molecule has 0 fully saturated rings. The highest BCUT2D eigenvalue weighted by Gasteiger charge is 2.04. The minimum Gasteiger partial charge on any atom is -0.387 e. The number of nitrogens with one attached hydrogen (secondary N) is 1. The maximum Gasteiger partial charge on any atom is 0.0914 e. The second kappa shape index (κ2) is 7.40. The van der Waals surface area contributed by atoms with Crippen LogP contribution in [0.25, 0.3) is 0 Å². The van der Waals surface area contributed by atoms with Crippen LogP contribution in [0.15, 0.2) is 30.3 Å². The molecule has 15 heavy (non-hydrogen) atoms. The van der Waals surface area contributed by atoms with Crippen LogP contribution in [0, 0.1) is 0 Å². The Bertz CT molecular complexity index is 251. The van der Waals surface area contributed by atoms with Crippen LogP contribution in [-0.4, -0.2) is 31.9 Å². The number of ether oxygens (including phenoxy) is 1. The summed E-state index contributed by atoms with van der Waals surface area (Å²) >= 11 is 0. The monoisotopic (exact) mass is 209 g/mol. The first-order valence-electron chi connectivity index (χ1n) is 5.27. The first-order valence-corrected chi connectivity index (χ1v) is 5.27. The van der Waals surface area contributed by atoms with Gasteiger partial charge in [0.25, 0.3) is 0 Å². The Balaban J connectivity index is 2.16. The molecule has 1 atom stereocenters. The van der Waals surface area contributed by atoms with Crippen molar-refractivity contribution in [2.24, 2.45) is 0 Å². The summed E-state index contributed by atoms with van der Waals surface area (Å²) in [6, 6.07) is 9.68. The third-order valence-corrected chi connectivity index (χ3v) is 2.22. The number of aliphatic hydroxyl groups is 1. The lowest BCUT2D eigenvalue weighted by Crippen LogP contribution is -2.23. The second-order valence-electron chi connectivity index (χ2n) is 3.48. The quantitative estimate of drug-likeness (QED) is 0.666. The van der Waals surface area contributed by atoms with Crippen LogP contribution in [0.2, 0.25) is 0 Å². The molecule has 0 amide bonds. The number of methoxy groups -OCH3 is 1. The fourth-order valence-electron chi connectivity index (χ4n) is 1.37. The van der Waals surface area contributed by atoms with Crippen LogP contribution >= 0.6 is 0 Å². The van der Waals surface area contributed by atoms with E-state index in [0.29, 0.717) is 6.54 Å². The molecular weight excluding hydrogens is 190 g/mol. The molecule has 3 nitrogen and oxygen atoms in total. The molecule has 2 N–H and O–H groups in total. The van der Waals surface area contributed by atoms with Gasteiger partial charge in [0.15, 0.2) is 0 Å². The van der Waals surface area contributed by atoms with Gasteiger partial charge in [-0.2, -0.15) is 0 Å². The standard InChI is InChI=1S/C12H19NO2/c1-15-9-5-8-13-10-12(14)11-6-3-2-4-7-11/h2-4,6-7,12-14H,5,8-10H2,1H3/t12-/m0/s1. The summed E-state index contributed by atoms with van der Waals surface area (Å²) in [5, 5.41) is 13.0. The largest absolute Gasteiger partial charge is 0.387 e. The topological polar surface area (TPSA) is 41.5 Å². The Morgan fingerprint density at radius 1 is 1.33 bits per heavy atom. The van der Waals surface area contributed by atoms with Gasteiger partial charge in [-0.1, -0.05) is 30.3 Å². The van der Waals surface area contributed by atoms with E-state index in [0.717, 1.165) is 25.1 Å². The number of hydrogen-bond donors (Lipinski definition) is 2. The van der Waals surface area contributed by atoms with E-state index in [-0.39, 0.29) is 0 Å². The fourth-order valence-corrected chi connectivity index (χ4v) is 1.37. The van der Waals surface area contributed by atoms with Crippen LogP contribution < -0.4 is 5.32 Å². The third kappa shape index (κ3) is 4.93. The molecule has 84 valence electrons. The molecule has 0 aromatic heterocycles. The van der Waals surface area contributed by atoms with Gasteiger partial charge in [0.05, 0.1) is 6.10 Å². The van der Waals surface area contributed by atoms with Crippen molar-refractivity contribution in [1.82, 2.24) is 5.32 Å². The molecule has 1 aromatic carbocycles. The fraction of sp³-hybridized carbons (Fsp3) is 0.500. The van der Waals surface area contributed by atoms with Gasteiger partial charge < -0.3 is 15.2 Å². The zero-order valence-corrected chi connectivity index (χ0v) is 9.15. The van der Waals surface area contributed by atoms with Crippen molar-refractivity contribution in [1.29, 1.82) is 0 Å². The van der Waals surface area contributed by atoms with E-state index in [2.05, 4.69) is 5.32 Å². The van der Waals surface area contributed by atoms with Crippen LogP contribution in [0.5, 0.6) is 0 Å². The Kier molecular flexibility index (Phi) is 6.00. The van der Waals surface area contributed by atoms with Gasteiger partial charge in [0.1, 0.15) is 0 Å². The lowest BCUT2D eigenvalue weighted by Gasteiger charge is -2.11. The Morgan fingerprint density at radius 3 is 2.73 bits per heavy atom. The van der Waals surface area contributed by atoms with Crippen molar-refractivity contribution in [3.63, 3.8) is 0 Å². The average molecular weight is 209 g/mol. The van der Waals surface area contributed by atoms with Crippen LogP contribution in [0.3, 0.4) is 0 Å². The molecule has 0 saturated carbocycles. The smallest absolute Gasteiger partial charge is 0.0914 e. The van der Waals surface area contributed by atoms with E-state index in [9.17, 15) is 5.11 Å². The van der Waals surface area contributed by atoms with Crippen molar-refractivity contribution in [2.75, 3.05) is 26.8 Å². The summed E-state index contributed by atoms with van der Waals surface area (Å²) in [5.74, 6) is 0. The predicted molar refractivity (Wildman–Crippen MR) is 60.8 cm³/mol. The van der Waals surface area contributed by atoms with Gasteiger partial charge in [-0.25, -0.2) is 0 Å². The Morgan fingerprint density at radius 2 is 2.07 bits per heavy atom. The molecule has 0 aliphatic heterocycles. The first kappa shape index (κ1) is 12.2. The van der Waals surface area contributed by atoms with Gasteiger partial charge in [0.2, 0.25) is 0 Å². The Labute approximate surface area is 91.1 Å². The number of rotatable bonds is 7. The van der Waals surface area contributed by atoms with Crippen molar-refractivity contribution in [3.8, 4) is 0 Å². The van der Waals surface area contributed by atoms with Gasteiger partial charge in [0, 0.05) is 20.3 Å². The molecule has 0 unspecified atom stereocenters. The minimum absolute atomic E-state index is 0.422. The third-order valence-electron chi connectivity index (χ3n) is 2.22. The highest BCUT2D eigenvalue weighted by Crippen LogP contribution is 2.10. The lowest BCUT2D eigenvalue weighted by atomic mass is 10.1. The van der Waals surface area contributed by atoms with Gasteiger partial charge >= 0.3 is 0 Å². The molecule has 1 aromatic rings. The number of benzene rings is 1. The zero-order chi connectivity index (χ0) is 10.9. The number of hydrogen-bond acceptors (Lipinski definition) is 3. The maximum absolute atomic E-state index is 9.78. The van der Waals surface area contributed by atoms with E-state index in [1.54, 1.807) is 7.11 Å². The molecular formula is C12H19NO2. The summed E-state index contributed by atoms with van der Waals surface area (Å²) in [4.78, 5) is 0. The summed E-state index contributed by atoms with van der Waals surface area (Å²) in [7, 11) is 1.69. The van der Waals surface area contributed by atoms with Gasteiger partial charge in [-0.15, -0.1) is 0 Å². The van der Waals surface area contributed by atoms with E-state index in [4.69, 9.17) is 4.74 Å². The maximum atomic E-state index is 9.78. The lowest BCUT2D eigenvalue weighted by molar-refractivity contribution is 0.168. The molecule has 3 heteroatoms. The Hall–Kier alpha value is -0.900. The molecule has 0 aliphatic carbocycles. The van der Waals surface area contributed by atoms with Crippen molar-refractivity contribution >= 4 is 0 Å². The second-order valence-corrected chi connectivity index (χ2v) is 3.48. The van der Waals surface area contributed by atoms with Crippen LogP contribution in [0.4, 0.5) is 0 Å². The van der Waals surface area contributed by atoms with E-state index >= 15 is 0 Å². The molecule has 0 aliphatic rings. The minimum atomic E-state index is -0.422. The summed E-state index contributed by atoms with van der Waals surface area (Å²) in [6.07, 6.45) is 0.548. The zero-order valence-electron chi connectivity index (χ0n) is 9.15. The van der Waals surface area contributed by atoms with E-state index in [1.165, 1.54) is 0 Å². The summed E-state index contributed by atoms with van der Waals surface area (Å²) in [6.45, 7) is 2.22. The first-order chi connectivity index (χ1) is 7.34. The molecule has 0 spiro atoms. The molecule has 0 radical (unpaired) electrons. The highest BCUT2D eigenvalue weighted by molar-refractivity contribution is 5.17. The highest BCUT2D eigenvalue weighted by atomic mass is 16.5. The van der Waals surface area contributed by atoms with Crippen molar-refractivity contribution < 1.29 is 9.84 Å². The van der Waals surface area contributed by atoms with Crippen LogP contribution in [0.1, 0.15) is 18.1 Å². The summed E-state index contributed by atoms with van der Waals surface area (Å²) in [5.41, 5.74) is 0.955. The molecule has 0 bridgehead atoms. The van der Waals surface area contributed by atoms with Crippen LogP contribution in [-0.2, 0) is 4.74 Å². The van der Waals surface area contributed by atoms with Gasteiger partial charge in [-0.3, -0.25) is 0 Å².